The van der Waals surface area contributed by atoms with Crippen molar-refractivity contribution in [1.82, 2.24) is 19.7 Å². The predicted molar refractivity (Wildman–Crippen MR) is 78.2 cm³/mol. The zero-order valence-electron chi connectivity index (χ0n) is 11.8. The quantitative estimate of drug-likeness (QED) is 0.791. The number of carbonyl (C=O) groups is 1. The van der Waals surface area contributed by atoms with Gasteiger partial charge in [-0.25, -0.2) is 0 Å². The number of likely N-dealkylation sites (N-methyl/N-ethyl adjacent to an activating group) is 1. The van der Waals surface area contributed by atoms with Gasteiger partial charge in [0.05, 0.1) is 17.8 Å². The first-order chi connectivity index (χ1) is 9.50. The van der Waals surface area contributed by atoms with Gasteiger partial charge < -0.3 is 4.90 Å². The average Bonchev–Trinajstić information content (AvgIpc) is 2.77. The summed E-state index contributed by atoms with van der Waals surface area (Å²) in [7, 11) is 3.94. The number of pyridine rings is 1. The van der Waals surface area contributed by atoms with E-state index in [0.717, 1.165) is 12.1 Å². The highest BCUT2D eigenvalue weighted by Crippen LogP contribution is 2.20. The number of hydrogen-bond acceptors (Lipinski definition) is 4. The second kappa shape index (κ2) is 6.15. The maximum absolute atomic E-state index is 12.6. The number of carbonyl (C=O) groups excluding carboxylic acids is 1. The van der Waals surface area contributed by atoms with E-state index in [1.807, 2.05) is 32.0 Å². The molecule has 0 saturated carbocycles. The van der Waals surface area contributed by atoms with E-state index in [-0.39, 0.29) is 5.78 Å². The van der Waals surface area contributed by atoms with Crippen LogP contribution < -0.4 is 0 Å². The van der Waals surface area contributed by atoms with E-state index >= 15 is 0 Å². The molecule has 2 heterocycles. The van der Waals surface area contributed by atoms with Crippen molar-refractivity contribution in [2.75, 3.05) is 20.6 Å². The highest BCUT2D eigenvalue weighted by Gasteiger charge is 2.20. The Hall–Kier alpha value is -1.72. The van der Waals surface area contributed by atoms with Gasteiger partial charge in [-0.3, -0.25) is 14.5 Å². The summed E-state index contributed by atoms with van der Waals surface area (Å²) in [6.45, 7) is 3.27. The lowest BCUT2D eigenvalue weighted by Crippen LogP contribution is -2.22. The molecule has 2 aromatic heterocycles. The number of halogens is 1. The molecule has 0 spiro atoms. The fraction of sp³-hybridized carbons (Fsp3) is 0.357. The molecule has 0 N–H and O–H groups in total. The summed E-state index contributed by atoms with van der Waals surface area (Å²) in [5.74, 6) is -0.142. The van der Waals surface area contributed by atoms with Crippen molar-refractivity contribution in [2.45, 2.75) is 13.5 Å². The Balaban J connectivity index is 2.35. The second-order valence-electron chi connectivity index (χ2n) is 4.89. The third-order valence-corrected chi connectivity index (χ3v) is 3.33. The van der Waals surface area contributed by atoms with Crippen molar-refractivity contribution in [3.63, 3.8) is 0 Å². The summed E-state index contributed by atoms with van der Waals surface area (Å²) >= 11 is 6.12. The maximum Gasteiger partial charge on any atom is 0.214 e. The summed E-state index contributed by atoms with van der Waals surface area (Å²) in [5, 5.41) is 4.55. The van der Waals surface area contributed by atoms with E-state index in [9.17, 15) is 4.79 Å². The standard InChI is InChI=1S/C14H17ClN4O/c1-10-4-5-16-8-11(10)14(20)13-12(15)9-17-19(13)7-6-18(2)3/h4-5,8-9H,6-7H2,1-3H3. The molecule has 0 aromatic carbocycles. The van der Waals surface area contributed by atoms with Gasteiger partial charge in [-0.2, -0.15) is 5.10 Å². The Labute approximate surface area is 123 Å². The SMILES string of the molecule is Cc1ccncc1C(=O)c1c(Cl)cnn1CCN(C)C. The van der Waals surface area contributed by atoms with Crippen molar-refractivity contribution >= 4 is 17.4 Å². The lowest BCUT2D eigenvalue weighted by Gasteiger charge is -2.12. The first kappa shape index (κ1) is 14.7. The first-order valence-electron chi connectivity index (χ1n) is 6.32. The second-order valence-corrected chi connectivity index (χ2v) is 5.29. The van der Waals surface area contributed by atoms with Crippen molar-refractivity contribution < 1.29 is 4.79 Å². The summed E-state index contributed by atoms with van der Waals surface area (Å²) in [4.78, 5) is 18.7. The number of aromatic nitrogens is 3. The van der Waals surface area contributed by atoms with Crippen molar-refractivity contribution in [2.24, 2.45) is 0 Å². The third kappa shape index (κ3) is 3.05. The number of aryl methyl sites for hydroxylation is 1. The van der Waals surface area contributed by atoms with Crippen molar-refractivity contribution in [3.05, 3.63) is 46.5 Å². The molecule has 0 atom stereocenters. The minimum Gasteiger partial charge on any atom is -0.308 e. The highest BCUT2D eigenvalue weighted by molar-refractivity contribution is 6.34. The zero-order valence-corrected chi connectivity index (χ0v) is 12.6. The molecular weight excluding hydrogens is 276 g/mol. The van der Waals surface area contributed by atoms with Crippen LogP contribution in [0.3, 0.4) is 0 Å². The molecule has 6 heteroatoms. The van der Waals surface area contributed by atoms with Crippen LogP contribution in [0.2, 0.25) is 5.02 Å². The molecule has 0 saturated heterocycles. The van der Waals surface area contributed by atoms with E-state index in [1.165, 1.54) is 6.20 Å². The molecule has 106 valence electrons. The summed E-state index contributed by atoms with van der Waals surface area (Å²) in [6.07, 6.45) is 4.74. The van der Waals surface area contributed by atoms with E-state index in [1.54, 1.807) is 17.1 Å². The van der Waals surface area contributed by atoms with Crippen LogP contribution in [0.25, 0.3) is 0 Å². The smallest absolute Gasteiger partial charge is 0.214 e. The number of nitrogens with zero attached hydrogens (tertiary/aromatic N) is 4. The Kier molecular flexibility index (Phi) is 4.52. The van der Waals surface area contributed by atoms with Gasteiger partial charge in [0.1, 0.15) is 5.69 Å². The van der Waals surface area contributed by atoms with Crippen LogP contribution in [-0.4, -0.2) is 46.1 Å². The van der Waals surface area contributed by atoms with Gasteiger partial charge in [-0.05, 0) is 32.6 Å². The molecule has 0 amide bonds. The van der Waals surface area contributed by atoms with Crippen LogP contribution in [0, 0.1) is 6.92 Å². The normalized spacial score (nSPS) is 11.1. The van der Waals surface area contributed by atoms with Crippen LogP contribution in [0.1, 0.15) is 21.6 Å². The van der Waals surface area contributed by atoms with Crippen molar-refractivity contribution in [1.29, 1.82) is 0 Å². The highest BCUT2D eigenvalue weighted by atomic mass is 35.5. The molecule has 20 heavy (non-hydrogen) atoms. The molecule has 0 radical (unpaired) electrons. The first-order valence-corrected chi connectivity index (χ1v) is 6.70. The molecule has 2 aromatic rings. The number of hydrogen-bond donors (Lipinski definition) is 0. The molecule has 5 nitrogen and oxygen atoms in total. The van der Waals surface area contributed by atoms with E-state index in [4.69, 9.17) is 11.6 Å². The van der Waals surface area contributed by atoms with Crippen LogP contribution in [0.5, 0.6) is 0 Å². The molecule has 0 bridgehead atoms. The Morgan fingerprint density at radius 1 is 1.40 bits per heavy atom. The van der Waals surface area contributed by atoms with Gasteiger partial charge in [-0.1, -0.05) is 11.6 Å². The number of ketones is 1. The van der Waals surface area contributed by atoms with Crippen LogP contribution >= 0.6 is 11.6 Å². The van der Waals surface area contributed by atoms with Crippen LogP contribution in [0.15, 0.2) is 24.7 Å². The maximum atomic E-state index is 12.6. The average molecular weight is 293 g/mol. The van der Waals surface area contributed by atoms with E-state index in [2.05, 4.69) is 10.1 Å². The Morgan fingerprint density at radius 2 is 2.15 bits per heavy atom. The third-order valence-electron chi connectivity index (χ3n) is 3.05. The number of rotatable bonds is 5. The largest absolute Gasteiger partial charge is 0.308 e. The van der Waals surface area contributed by atoms with Gasteiger partial charge in [0.25, 0.3) is 0 Å². The van der Waals surface area contributed by atoms with Gasteiger partial charge in [0.15, 0.2) is 0 Å². The Morgan fingerprint density at radius 3 is 2.80 bits per heavy atom. The van der Waals surface area contributed by atoms with Crippen LogP contribution in [0.4, 0.5) is 0 Å². The minimum atomic E-state index is -0.142. The minimum absolute atomic E-state index is 0.142. The lowest BCUT2D eigenvalue weighted by molar-refractivity contribution is 0.102. The van der Waals surface area contributed by atoms with Crippen molar-refractivity contribution in [3.8, 4) is 0 Å². The monoisotopic (exact) mass is 292 g/mol. The molecule has 0 unspecified atom stereocenters. The fourth-order valence-corrected chi connectivity index (χ4v) is 2.11. The molecule has 0 fully saturated rings. The van der Waals surface area contributed by atoms with Gasteiger partial charge in [-0.15, -0.1) is 0 Å². The lowest BCUT2D eigenvalue weighted by atomic mass is 10.1. The molecule has 0 aliphatic heterocycles. The van der Waals surface area contributed by atoms with Crippen LogP contribution in [-0.2, 0) is 6.54 Å². The molecule has 0 aliphatic rings. The van der Waals surface area contributed by atoms with Gasteiger partial charge >= 0.3 is 0 Å². The van der Waals surface area contributed by atoms with Gasteiger partial charge in [0, 0.05) is 24.5 Å². The Bertz CT molecular complexity index is 621. The molecule has 2 rings (SSSR count). The summed E-state index contributed by atoms with van der Waals surface area (Å²) < 4.78 is 1.65. The van der Waals surface area contributed by atoms with Gasteiger partial charge in [0.2, 0.25) is 5.78 Å². The fourth-order valence-electron chi connectivity index (χ4n) is 1.88. The molecule has 0 aliphatic carbocycles. The van der Waals surface area contributed by atoms with E-state index in [0.29, 0.717) is 22.8 Å². The summed E-state index contributed by atoms with van der Waals surface area (Å²) in [5.41, 5.74) is 1.85. The predicted octanol–water partition coefficient (Wildman–Crippen LogP) is 2.03. The van der Waals surface area contributed by atoms with E-state index < -0.39 is 0 Å². The summed E-state index contributed by atoms with van der Waals surface area (Å²) in [6, 6.07) is 1.81. The molecular formula is C14H17ClN4O. The topological polar surface area (TPSA) is 51.0 Å². The zero-order chi connectivity index (χ0) is 14.7.